The number of para-hydroxylation sites is 2. The largest absolute Gasteiger partial charge is 0.355 e. The van der Waals surface area contributed by atoms with E-state index >= 15 is 0 Å². The molecule has 2 heterocycles. The summed E-state index contributed by atoms with van der Waals surface area (Å²) in [7, 11) is 0. The number of hydrogen-bond donors (Lipinski definition) is 1. The van der Waals surface area contributed by atoms with Crippen LogP contribution in [0.15, 0.2) is 91.0 Å². The molecule has 2 aromatic heterocycles. The minimum atomic E-state index is 1.08. The quantitative estimate of drug-likeness (QED) is 0.302. The molecule has 3 heteroatoms. The molecule has 33 heavy (non-hydrogen) atoms. The molecule has 0 saturated heterocycles. The number of nitrogens with zero attached hydrogens (tertiary/aromatic N) is 1. The minimum Gasteiger partial charge on any atom is -0.355 e. The molecule has 0 unspecified atom stereocenters. The Bertz CT molecular complexity index is 1740. The van der Waals surface area contributed by atoms with Gasteiger partial charge in [0.1, 0.15) is 0 Å². The lowest BCUT2D eigenvalue weighted by atomic mass is 10.1. The summed E-state index contributed by atoms with van der Waals surface area (Å²) in [5.41, 5.74) is 5.80. The van der Waals surface area contributed by atoms with Crippen molar-refractivity contribution in [2.75, 3.05) is 5.32 Å². The monoisotopic (exact) mass is 444 g/mol. The highest BCUT2D eigenvalue weighted by molar-refractivity contribution is 7.18. The SMILES string of the molecule is C/C=c1\c(=C/C)sc2c1ccc1c2c2ccc(Nc3ccccc3)cc2n1-c1ccccc1. The molecule has 0 aliphatic heterocycles. The summed E-state index contributed by atoms with van der Waals surface area (Å²) in [6.45, 7) is 4.26. The van der Waals surface area contributed by atoms with Crippen molar-refractivity contribution in [3.63, 3.8) is 0 Å². The van der Waals surface area contributed by atoms with Crippen LogP contribution >= 0.6 is 11.3 Å². The summed E-state index contributed by atoms with van der Waals surface area (Å²) in [6.07, 6.45) is 4.46. The molecular weight excluding hydrogens is 420 g/mol. The fourth-order valence-corrected chi connectivity index (χ4v) is 6.11. The van der Waals surface area contributed by atoms with E-state index in [2.05, 4.69) is 121 Å². The Balaban J connectivity index is 1.72. The molecule has 0 amide bonds. The molecule has 0 saturated carbocycles. The summed E-state index contributed by atoms with van der Waals surface area (Å²) < 4.78 is 5.09. The molecule has 160 valence electrons. The van der Waals surface area contributed by atoms with Crippen molar-refractivity contribution in [3.05, 3.63) is 101 Å². The maximum atomic E-state index is 3.57. The van der Waals surface area contributed by atoms with Crippen molar-refractivity contribution < 1.29 is 0 Å². The van der Waals surface area contributed by atoms with E-state index < -0.39 is 0 Å². The molecule has 0 bridgehead atoms. The predicted octanol–water partition coefficient (Wildman–Crippen LogP) is 7.34. The van der Waals surface area contributed by atoms with E-state index in [1.54, 1.807) is 0 Å². The molecule has 6 rings (SSSR count). The third kappa shape index (κ3) is 3.16. The predicted molar refractivity (Wildman–Crippen MR) is 145 cm³/mol. The second-order valence-electron chi connectivity index (χ2n) is 8.19. The smallest absolute Gasteiger partial charge is 0.0562 e. The Kier molecular flexibility index (Phi) is 4.78. The number of fused-ring (bicyclic) bond motifs is 5. The fourth-order valence-electron chi connectivity index (χ4n) is 4.83. The van der Waals surface area contributed by atoms with E-state index in [0.29, 0.717) is 0 Å². The van der Waals surface area contributed by atoms with Crippen molar-refractivity contribution in [3.8, 4) is 5.69 Å². The van der Waals surface area contributed by atoms with Gasteiger partial charge in [-0.3, -0.25) is 0 Å². The van der Waals surface area contributed by atoms with E-state index in [1.807, 2.05) is 17.4 Å². The third-order valence-corrected chi connectivity index (χ3v) is 7.58. The topological polar surface area (TPSA) is 17.0 Å². The van der Waals surface area contributed by atoms with Crippen LogP contribution in [0, 0.1) is 0 Å². The van der Waals surface area contributed by atoms with Crippen LogP contribution in [0.5, 0.6) is 0 Å². The maximum absolute atomic E-state index is 3.57. The normalized spacial score (nSPS) is 12.9. The zero-order chi connectivity index (χ0) is 22.4. The van der Waals surface area contributed by atoms with Gasteiger partial charge in [-0.15, -0.1) is 11.3 Å². The molecule has 0 aliphatic rings. The average molecular weight is 445 g/mol. The summed E-state index contributed by atoms with van der Waals surface area (Å²) in [5.74, 6) is 0. The van der Waals surface area contributed by atoms with Crippen LogP contribution in [0.3, 0.4) is 0 Å². The van der Waals surface area contributed by atoms with Crippen LogP contribution < -0.4 is 15.1 Å². The van der Waals surface area contributed by atoms with Crippen molar-refractivity contribution in [2.45, 2.75) is 13.8 Å². The van der Waals surface area contributed by atoms with E-state index in [9.17, 15) is 0 Å². The molecule has 1 N–H and O–H groups in total. The minimum absolute atomic E-state index is 1.08. The summed E-state index contributed by atoms with van der Waals surface area (Å²) in [5, 5.41) is 8.85. The highest BCUT2D eigenvalue weighted by Crippen LogP contribution is 2.38. The molecular formula is C30H24N2S. The van der Waals surface area contributed by atoms with E-state index in [1.165, 1.54) is 47.3 Å². The van der Waals surface area contributed by atoms with Gasteiger partial charge in [0.2, 0.25) is 0 Å². The summed E-state index contributed by atoms with van der Waals surface area (Å²) in [4.78, 5) is 0. The van der Waals surface area contributed by atoms with Crippen LogP contribution in [0.2, 0.25) is 0 Å². The highest BCUT2D eigenvalue weighted by atomic mass is 32.1. The van der Waals surface area contributed by atoms with E-state index in [-0.39, 0.29) is 0 Å². The lowest BCUT2D eigenvalue weighted by Crippen LogP contribution is -2.17. The number of benzene rings is 4. The van der Waals surface area contributed by atoms with Crippen LogP contribution in [0.4, 0.5) is 11.4 Å². The van der Waals surface area contributed by atoms with Gasteiger partial charge in [0.05, 0.1) is 11.0 Å². The van der Waals surface area contributed by atoms with Gasteiger partial charge in [0.15, 0.2) is 0 Å². The van der Waals surface area contributed by atoms with Gasteiger partial charge >= 0.3 is 0 Å². The van der Waals surface area contributed by atoms with Crippen molar-refractivity contribution >= 4 is 66.8 Å². The number of nitrogens with one attached hydrogen (secondary N) is 1. The summed E-state index contributed by atoms with van der Waals surface area (Å²) in [6, 6.07) is 32.3. The highest BCUT2D eigenvalue weighted by Gasteiger charge is 2.17. The van der Waals surface area contributed by atoms with Crippen LogP contribution in [0.25, 0.3) is 49.7 Å². The van der Waals surface area contributed by atoms with Crippen LogP contribution in [-0.4, -0.2) is 4.57 Å². The third-order valence-electron chi connectivity index (χ3n) is 6.28. The van der Waals surface area contributed by atoms with Gasteiger partial charge in [0, 0.05) is 42.5 Å². The Morgan fingerprint density at radius 2 is 1.42 bits per heavy atom. The lowest BCUT2D eigenvalue weighted by molar-refractivity contribution is 1.18. The molecule has 0 spiro atoms. The zero-order valence-corrected chi connectivity index (χ0v) is 19.5. The standard InChI is InChI=1S/C30H24N2S/c1-3-23-24-17-18-26-29(30(24)33-28(23)4-2)25-16-15-21(31-20-11-7-5-8-12-20)19-27(25)32(26)22-13-9-6-10-14-22/h3-19,31H,1-2H3/b23-3-,28-4+. The number of hydrogen-bond acceptors (Lipinski definition) is 2. The number of rotatable bonds is 3. The molecule has 2 nitrogen and oxygen atoms in total. The second kappa shape index (κ2) is 7.95. The molecule has 0 atom stereocenters. The number of anilines is 2. The summed E-state index contributed by atoms with van der Waals surface area (Å²) >= 11 is 1.89. The first kappa shape index (κ1) is 19.8. The first-order valence-corrected chi connectivity index (χ1v) is 12.1. The van der Waals surface area contributed by atoms with Crippen molar-refractivity contribution in [2.24, 2.45) is 0 Å². The second-order valence-corrected chi connectivity index (χ2v) is 9.24. The molecule has 4 aromatic carbocycles. The van der Waals surface area contributed by atoms with Crippen molar-refractivity contribution in [1.82, 2.24) is 4.57 Å². The fraction of sp³-hybridized carbons (Fsp3) is 0.0667. The van der Waals surface area contributed by atoms with Crippen molar-refractivity contribution in [1.29, 1.82) is 0 Å². The Morgan fingerprint density at radius 1 is 0.697 bits per heavy atom. The first-order valence-electron chi connectivity index (χ1n) is 11.3. The molecule has 0 aliphatic carbocycles. The molecule has 0 fully saturated rings. The molecule has 0 radical (unpaired) electrons. The van der Waals surface area contributed by atoms with Gasteiger partial charge in [0.25, 0.3) is 0 Å². The first-order chi connectivity index (χ1) is 16.3. The van der Waals surface area contributed by atoms with E-state index in [0.717, 1.165) is 11.4 Å². The zero-order valence-electron chi connectivity index (χ0n) is 18.7. The Labute approximate surface area is 196 Å². The van der Waals surface area contributed by atoms with Gasteiger partial charge in [-0.25, -0.2) is 0 Å². The van der Waals surface area contributed by atoms with Gasteiger partial charge in [-0.05, 0) is 61.5 Å². The van der Waals surface area contributed by atoms with Gasteiger partial charge in [-0.2, -0.15) is 0 Å². The number of aromatic nitrogens is 1. The Morgan fingerprint density at radius 3 is 2.15 bits per heavy atom. The van der Waals surface area contributed by atoms with Crippen LogP contribution in [0.1, 0.15) is 13.8 Å². The molecule has 6 aromatic rings. The average Bonchev–Trinajstić information content (AvgIpc) is 3.39. The lowest BCUT2D eigenvalue weighted by Gasteiger charge is -2.10. The van der Waals surface area contributed by atoms with Gasteiger partial charge < -0.3 is 9.88 Å². The van der Waals surface area contributed by atoms with Crippen LogP contribution in [-0.2, 0) is 0 Å². The van der Waals surface area contributed by atoms with E-state index in [4.69, 9.17) is 0 Å². The number of thiophene rings is 1. The maximum Gasteiger partial charge on any atom is 0.0562 e. The Hall–Kier alpha value is -3.82. The van der Waals surface area contributed by atoms with Gasteiger partial charge in [-0.1, -0.05) is 60.7 Å².